The molecule has 9 heteroatoms. The van der Waals surface area contributed by atoms with Gasteiger partial charge in [-0.25, -0.2) is 16.8 Å². The van der Waals surface area contributed by atoms with E-state index in [9.17, 15) is 16.8 Å². The molecule has 2 N–H and O–H groups in total. The van der Waals surface area contributed by atoms with Crippen LogP contribution < -0.4 is 14.2 Å². The third-order valence-electron chi connectivity index (χ3n) is 4.96. The topological polar surface area (TPSA) is 102 Å². The van der Waals surface area contributed by atoms with E-state index in [2.05, 4.69) is 9.44 Å². The van der Waals surface area contributed by atoms with Crippen molar-refractivity contribution in [3.05, 3.63) is 77.9 Å². The Hall–Kier alpha value is -3.04. The van der Waals surface area contributed by atoms with E-state index in [4.69, 9.17) is 4.74 Å². The van der Waals surface area contributed by atoms with Crippen molar-refractivity contribution in [2.45, 2.75) is 36.5 Å². The van der Waals surface area contributed by atoms with Gasteiger partial charge in [-0.05, 0) is 72.5 Å². The van der Waals surface area contributed by atoms with Crippen LogP contribution in [0, 0.1) is 6.92 Å². The zero-order valence-corrected chi connectivity index (χ0v) is 19.9. The highest BCUT2D eigenvalue weighted by atomic mass is 32.2. The monoisotopic (exact) mass is 474 g/mol. The van der Waals surface area contributed by atoms with E-state index >= 15 is 0 Å². The number of hydrogen-bond acceptors (Lipinski definition) is 5. The van der Waals surface area contributed by atoms with E-state index in [1.165, 1.54) is 19.2 Å². The van der Waals surface area contributed by atoms with Crippen molar-refractivity contribution in [2.75, 3.05) is 16.6 Å². The maximum atomic E-state index is 12.9. The van der Waals surface area contributed by atoms with Gasteiger partial charge in [0.1, 0.15) is 5.75 Å². The molecular formula is C23H26N2O5S2. The van der Waals surface area contributed by atoms with E-state index in [0.29, 0.717) is 17.0 Å². The molecule has 7 nitrogen and oxygen atoms in total. The number of hydrogen-bond donors (Lipinski definition) is 2. The summed E-state index contributed by atoms with van der Waals surface area (Å²) in [5.74, 6) is 0.878. The predicted octanol–water partition coefficient (Wildman–Crippen LogP) is 4.73. The smallest absolute Gasteiger partial charge is 0.261 e. The van der Waals surface area contributed by atoms with Crippen molar-refractivity contribution in [3.63, 3.8) is 0 Å². The summed E-state index contributed by atoms with van der Waals surface area (Å²) >= 11 is 0. The molecular weight excluding hydrogens is 448 g/mol. The SMILES string of the molecule is COc1ccc(NS(=O)(=O)c2ccc(C)c(NS(=O)(=O)c3ccc(C(C)C)cc3)c2)cc1. The third kappa shape index (κ3) is 5.41. The number of aryl methyl sites for hydroxylation is 1. The molecule has 3 aromatic rings. The van der Waals surface area contributed by atoms with Crippen molar-refractivity contribution < 1.29 is 21.6 Å². The Balaban J connectivity index is 1.87. The van der Waals surface area contributed by atoms with E-state index in [0.717, 1.165) is 5.56 Å². The van der Waals surface area contributed by atoms with Crippen LogP contribution in [0.1, 0.15) is 30.9 Å². The van der Waals surface area contributed by atoms with Crippen LogP contribution in [-0.2, 0) is 20.0 Å². The van der Waals surface area contributed by atoms with Crippen LogP contribution in [0.15, 0.2) is 76.5 Å². The molecule has 3 rings (SSSR count). The number of benzene rings is 3. The number of ether oxygens (including phenoxy) is 1. The van der Waals surface area contributed by atoms with E-state index in [1.807, 2.05) is 13.8 Å². The van der Waals surface area contributed by atoms with Crippen molar-refractivity contribution in [2.24, 2.45) is 0 Å². The molecule has 32 heavy (non-hydrogen) atoms. The van der Waals surface area contributed by atoms with Gasteiger partial charge in [0.2, 0.25) is 0 Å². The summed E-state index contributed by atoms with van der Waals surface area (Å²) in [4.78, 5) is 0.0395. The van der Waals surface area contributed by atoms with Crippen molar-refractivity contribution in [1.29, 1.82) is 0 Å². The number of anilines is 2. The first kappa shape index (κ1) is 23.6. The first-order valence-electron chi connectivity index (χ1n) is 9.92. The van der Waals surface area contributed by atoms with Crippen molar-refractivity contribution in [1.82, 2.24) is 0 Å². The van der Waals surface area contributed by atoms with Gasteiger partial charge in [-0.3, -0.25) is 9.44 Å². The molecule has 0 unspecified atom stereocenters. The first-order chi connectivity index (χ1) is 15.0. The molecule has 3 aromatic carbocycles. The molecule has 0 spiro atoms. The van der Waals surface area contributed by atoms with Crippen LogP contribution in [0.4, 0.5) is 11.4 Å². The highest BCUT2D eigenvalue weighted by Crippen LogP contribution is 2.26. The highest BCUT2D eigenvalue weighted by Gasteiger charge is 2.20. The number of nitrogens with one attached hydrogen (secondary N) is 2. The van der Waals surface area contributed by atoms with Crippen molar-refractivity contribution in [3.8, 4) is 5.75 Å². The standard InChI is InChI=1S/C23H26N2O5S2/c1-16(2)18-6-13-21(14-7-18)31(26,27)25-23-15-22(12-5-17(23)3)32(28,29)24-19-8-10-20(30-4)11-9-19/h5-16,24-25H,1-4H3. The maximum Gasteiger partial charge on any atom is 0.261 e. The lowest BCUT2D eigenvalue weighted by molar-refractivity contribution is 0.415. The maximum absolute atomic E-state index is 12.9. The summed E-state index contributed by atoms with van der Waals surface area (Å²) in [5, 5.41) is 0. The summed E-state index contributed by atoms with van der Waals surface area (Å²) in [7, 11) is -6.30. The lowest BCUT2D eigenvalue weighted by Crippen LogP contribution is -2.16. The Bertz CT molecular complexity index is 1300. The minimum Gasteiger partial charge on any atom is -0.497 e. The largest absolute Gasteiger partial charge is 0.497 e. The van der Waals surface area contributed by atoms with Gasteiger partial charge in [0.05, 0.1) is 22.6 Å². The molecule has 0 aliphatic heterocycles. The third-order valence-corrected chi connectivity index (χ3v) is 7.72. The second kappa shape index (κ2) is 9.22. The molecule has 170 valence electrons. The average molecular weight is 475 g/mol. The van der Waals surface area contributed by atoms with E-state index in [-0.39, 0.29) is 21.4 Å². The van der Waals surface area contributed by atoms with Gasteiger partial charge >= 0.3 is 0 Å². The fraction of sp³-hybridized carbons (Fsp3) is 0.217. The van der Waals surface area contributed by atoms with E-state index in [1.54, 1.807) is 61.5 Å². The summed E-state index contributed by atoms with van der Waals surface area (Å²) < 4.78 is 61.5. The predicted molar refractivity (Wildman–Crippen MR) is 126 cm³/mol. The van der Waals surface area contributed by atoms with Gasteiger partial charge in [-0.1, -0.05) is 32.0 Å². The average Bonchev–Trinajstić information content (AvgIpc) is 2.75. The van der Waals surface area contributed by atoms with Gasteiger partial charge in [0, 0.05) is 5.69 Å². The second-order valence-corrected chi connectivity index (χ2v) is 11.0. The Morgan fingerprint density at radius 3 is 1.88 bits per heavy atom. The normalized spacial score (nSPS) is 11.9. The van der Waals surface area contributed by atoms with Crippen molar-refractivity contribution >= 4 is 31.4 Å². The molecule has 0 aliphatic carbocycles. The second-order valence-electron chi connectivity index (χ2n) is 7.64. The van der Waals surface area contributed by atoms with Gasteiger partial charge < -0.3 is 4.74 Å². The number of sulfonamides is 2. The molecule has 0 heterocycles. The Labute approximate surface area is 189 Å². The summed E-state index contributed by atoms with van der Waals surface area (Å²) in [6.45, 7) is 5.75. The van der Waals surface area contributed by atoms with Crippen LogP contribution >= 0.6 is 0 Å². The first-order valence-corrected chi connectivity index (χ1v) is 12.9. The molecule has 0 aliphatic rings. The van der Waals surface area contributed by atoms with Crippen LogP contribution in [0.25, 0.3) is 0 Å². The molecule has 0 fully saturated rings. The highest BCUT2D eigenvalue weighted by molar-refractivity contribution is 7.93. The van der Waals surface area contributed by atoms with Gasteiger partial charge in [-0.15, -0.1) is 0 Å². The molecule has 0 saturated carbocycles. The van der Waals surface area contributed by atoms with E-state index < -0.39 is 20.0 Å². The number of methoxy groups -OCH3 is 1. The lowest BCUT2D eigenvalue weighted by Gasteiger charge is -2.14. The van der Waals surface area contributed by atoms with Crippen LogP contribution in [-0.4, -0.2) is 23.9 Å². The fourth-order valence-electron chi connectivity index (χ4n) is 2.99. The summed E-state index contributed by atoms with van der Waals surface area (Å²) in [5.41, 5.74) is 2.17. The Morgan fingerprint density at radius 2 is 1.31 bits per heavy atom. The Morgan fingerprint density at radius 1 is 0.750 bits per heavy atom. The summed E-state index contributed by atoms with van der Waals surface area (Å²) in [6.07, 6.45) is 0. The van der Waals surface area contributed by atoms with Crippen LogP contribution in [0.5, 0.6) is 5.75 Å². The van der Waals surface area contributed by atoms with Gasteiger partial charge in [-0.2, -0.15) is 0 Å². The zero-order valence-electron chi connectivity index (χ0n) is 18.3. The zero-order chi connectivity index (χ0) is 23.5. The minimum atomic E-state index is -3.93. The van der Waals surface area contributed by atoms with Gasteiger partial charge in [0.25, 0.3) is 20.0 Å². The minimum absolute atomic E-state index is 0.0632. The summed E-state index contributed by atoms with van der Waals surface area (Å²) in [6, 6.07) is 17.3. The van der Waals surface area contributed by atoms with Crippen LogP contribution in [0.3, 0.4) is 0 Å². The lowest BCUT2D eigenvalue weighted by atomic mass is 10.0. The van der Waals surface area contributed by atoms with Gasteiger partial charge in [0.15, 0.2) is 0 Å². The molecule has 0 bridgehead atoms. The fourth-order valence-corrected chi connectivity index (χ4v) is 5.19. The Kier molecular flexibility index (Phi) is 6.80. The number of rotatable bonds is 8. The molecule has 0 saturated heterocycles. The molecule has 0 radical (unpaired) electrons. The molecule has 0 aromatic heterocycles. The molecule has 0 amide bonds. The molecule has 0 atom stereocenters. The van der Waals surface area contributed by atoms with Crippen LogP contribution in [0.2, 0.25) is 0 Å². The quantitative estimate of drug-likeness (QED) is 0.492.